The van der Waals surface area contributed by atoms with Crippen molar-refractivity contribution >= 4 is 18.7 Å². The fourth-order valence-electron chi connectivity index (χ4n) is 1.13. The summed E-state index contributed by atoms with van der Waals surface area (Å²) in [6.45, 7) is 2.11. The van der Waals surface area contributed by atoms with E-state index in [9.17, 15) is 4.79 Å². The number of hydrogen-bond donors (Lipinski definition) is 0. The largest absolute Gasteiger partial charge is 0.469 e. The normalized spacial score (nSPS) is 9.38. The molecule has 0 aromatic heterocycles. The van der Waals surface area contributed by atoms with Crippen molar-refractivity contribution in [3.05, 3.63) is 29.8 Å². The summed E-state index contributed by atoms with van der Waals surface area (Å²) in [6.07, 6.45) is 0.362. The van der Waals surface area contributed by atoms with Crippen molar-refractivity contribution in [1.29, 1.82) is 0 Å². The molecule has 0 radical (unpaired) electrons. The van der Waals surface area contributed by atoms with E-state index in [1.165, 1.54) is 12.6 Å². The molecule has 0 unspecified atom stereocenters. The average molecular weight is 176 g/mol. The third kappa shape index (κ3) is 2.94. The Morgan fingerprint density at radius 2 is 2.00 bits per heavy atom. The first-order valence-corrected chi connectivity index (χ1v) is 4.41. The molecule has 13 heavy (non-hydrogen) atoms. The van der Waals surface area contributed by atoms with Gasteiger partial charge in [-0.05, 0) is 5.56 Å². The Morgan fingerprint density at radius 3 is 2.46 bits per heavy atom. The summed E-state index contributed by atoms with van der Waals surface area (Å²) < 4.78 is 4.57. The van der Waals surface area contributed by atoms with Crippen LogP contribution in [0.4, 0.5) is 0 Å². The summed E-state index contributed by atoms with van der Waals surface area (Å²) in [7, 11) is 2.43. The molecule has 0 aliphatic carbocycles. The van der Waals surface area contributed by atoms with E-state index in [4.69, 9.17) is 0 Å². The predicted octanol–water partition coefficient (Wildman–Crippen LogP) is 0.512. The second-order valence-electron chi connectivity index (χ2n) is 2.92. The minimum atomic E-state index is -0.191. The Hall–Kier alpha value is -1.25. The van der Waals surface area contributed by atoms with E-state index in [2.05, 4.69) is 11.6 Å². The van der Waals surface area contributed by atoms with Crippen molar-refractivity contribution in [2.24, 2.45) is 0 Å². The number of rotatable bonds is 3. The van der Waals surface area contributed by atoms with Crippen LogP contribution in [0.25, 0.3) is 0 Å². The number of ether oxygens (including phenoxy) is 1. The Labute approximate surface area is 79.2 Å². The molecule has 0 spiro atoms. The van der Waals surface area contributed by atoms with Crippen LogP contribution in [-0.2, 0) is 16.0 Å². The summed E-state index contributed by atoms with van der Waals surface area (Å²) in [5.74, 6) is -0.191. The maximum absolute atomic E-state index is 10.9. The van der Waals surface area contributed by atoms with Crippen molar-refractivity contribution in [2.45, 2.75) is 13.2 Å². The number of hydrogen-bond acceptors (Lipinski definition) is 2. The van der Waals surface area contributed by atoms with Crippen molar-refractivity contribution in [3.63, 3.8) is 0 Å². The summed E-state index contributed by atoms with van der Waals surface area (Å²) in [4.78, 5) is 10.9. The molecule has 1 aromatic carbocycles. The first kappa shape index (κ1) is 9.84. The van der Waals surface area contributed by atoms with Crippen molar-refractivity contribution < 1.29 is 9.53 Å². The number of esters is 1. The maximum atomic E-state index is 10.9. The van der Waals surface area contributed by atoms with E-state index in [-0.39, 0.29) is 5.97 Å². The lowest BCUT2D eigenvalue weighted by atomic mass is 9.73. The van der Waals surface area contributed by atoms with Crippen molar-refractivity contribution in [1.82, 2.24) is 0 Å². The number of carbonyl (C=O) groups is 1. The molecule has 0 fully saturated rings. The Kier molecular flexibility index (Phi) is 3.56. The van der Waals surface area contributed by atoms with Gasteiger partial charge in [0.2, 0.25) is 0 Å². The zero-order valence-corrected chi connectivity index (χ0v) is 8.04. The van der Waals surface area contributed by atoms with Crippen LogP contribution in [0.1, 0.15) is 5.56 Å². The lowest BCUT2D eigenvalue weighted by molar-refractivity contribution is -0.139. The highest BCUT2D eigenvalue weighted by Gasteiger charge is 2.01. The van der Waals surface area contributed by atoms with Gasteiger partial charge in [-0.15, -0.1) is 0 Å². The van der Waals surface area contributed by atoms with Gasteiger partial charge in [0.15, 0.2) is 7.28 Å². The van der Waals surface area contributed by atoms with Crippen LogP contribution in [0.15, 0.2) is 24.3 Å². The van der Waals surface area contributed by atoms with Crippen LogP contribution in [0, 0.1) is 0 Å². The minimum absolute atomic E-state index is 0.191. The lowest BCUT2D eigenvalue weighted by Gasteiger charge is -2.00. The molecule has 1 aromatic rings. The molecule has 0 aliphatic rings. The third-order valence-electron chi connectivity index (χ3n) is 2.01. The molecular formula is C10H13BO2. The van der Waals surface area contributed by atoms with Gasteiger partial charge in [-0.3, -0.25) is 4.79 Å². The van der Waals surface area contributed by atoms with Gasteiger partial charge in [-0.1, -0.05) is 36.6 Å². The van der Waals surface area contributed by atoms with Gasteiger partial charge < -0.3 is 4.74 Å². The molecule has 0 N–H and O–H groups in total. The average Bonchev–Trinajstić information content (AvgIpc) is 2.19. The number of benzene rings is 1. The summed E-state index contributed by atoms with van der Waals surface area (Å²) >= 11 is 0. The lowest BCUT2D eigenvalue weighted by Crippen LogP contribution is -2.11. The fourth-order valence-corrected chi connectivity index (χ4v) is 1.13. The SMILES string of the molecule is CBc1ccc(CC(=O)OC)cc1. The zero-order chi connectivity index (χ0) is 9.68. The molecule has 0 aliphatic heterocycles. The molecule has 0 atom stereocenters. The summed E-state index contributed by atoms with van der Waals surface area (Å²) in [5.41, 5.74) is 2.29. The van der Waals surface area contributed by atoms with Gasteiger partial charge >= 0.3 is 5.97 Å². The molecule has 0 amide bonds. The molecule has 3 heteroatoms. The van der Waals surface area contributed by atoms with Crippen LogP contribution >= 0.6 is 0 Å². The smallest absolute Gasteiger partial charge is 0.309 e. The quantitative estimate of drug-likeness (QED) is 0.495. The molecule has 2 nitrogen and oxygen atoms in total. The standard InChI is InChI=1S/C10H13BO2/c1-11-9-5-3-8(4-6-9)7-10(12)13-2/h3-6,11H,7H2,1-2H3. The highest BCUT2D eigenvalue weighted by Crippen LogP contribution is 1.98. The van der Waals surface area contributed by atoms with Crippen LogP contribution in [0.2, 0.25) is 6.82 Å². The van der Waals surface area contributed by atoms with Gasteiger partial charge in [0.1, 0.15) is 0 Å². The molecule has 68 valence electrons. The Balaban J connectivity index is 2.64. The first-order chi connectivity index (χ1) is 6.26. The van der Waals surface area contributed by atoms with E-state index in [0.717, 1.165) is 12.8 Å². The maximum Gasteiger partial charge on any atom is 0.309 e. The van der Waals surface area contributed by atoms with Crippen LogP contribution in [0.5, 0.6) is 0 Å². The zero-order valence-electron chi connectivity index (χ0n) is 8.04. The molecule has 0 bridgehead atoms. The predicted molar refractivity (Wildman–Crippen MR) is 54.8 cm³/mol. The monoisotopic (exact) mass is 176 g/mol. The minimum Gasteiger partial charge on any atom is -0.469 e. The summed E-state index contributed by atoms with van der Waals surface area (Å²) in [6, 6.07) is 8.02. The summed E-state index contributed by atoms with van der Waals surface area (Å²) in [5, 5.41) is 0. The molecule has 0 saturated heterocycles. The van der Waals surface area contributed by atoms with Gasteiger partial charge in [0.05, 0.1) is 13.5 Å². The van der Waals surface area contributed by atoms with Gasteiger partial charge in [-0.25, -0.2) is 0 Å². The van der Waals surface area contributed by atoms with Crippen LogP contribution in [0.3, 0.4) is 0 Å². The highest BCUT2D eigenvalue weighted by molar-refractivity contribution is 6.51. The second kappa shape index (κ2) is 4.70. The first-order valence-electron chi connectivity index (χ1n) is 4.41. The van der Waals surface area contributed by atoms with E-state index in [0.29, 0.717) is 6.42 Å². The van der Waals surface area contributed by atoms with Gasteiger partial charge in [0.25, 0.3) is 0 Å². The Bertz CT molecular complexity index is 279. The topological polar surface area (TPSA) is 26.3 Å². The third-order valence-corrected chi connectivity index (χ3v) is 2.01. The van der Waals surface area contributed by atoms with E-state index in [1.54, 1.807) is 0 Å². The molecule has 0 heterocycles. The van der Waals surface area contributed by atoms with E-state index >= 15 is 0 Å². The van der Waals surface area contributed by atoms with Gasteiger partial charge in [-0.2, -0.15) is 0 Å². The van der Waals surface area contributed by atoms with Crippen molar-refractivity contribution in [3.8, 4) is 0 Å². The Morgan fingerprint density at radius 1 is 1.38 bits per heavy atom. The number of methoxy groups -OCH3 is 1. The van der Waals surface area contributed by atoms with E-state index in [1.807, 2.05) is 24.3 Å². The number of carbonyl (C=O) groups excluding carboxylic acids is 1. The molecule has 0 saturated carbocycles. The van der Waals surface area contributed by atoms with Crippen LogP contribution in [-0.4, -0.2) is 20.4 Å². The second-order valence-corrected chi connectivity index (χ2v) is 2.92. The van der Waals surface area contributed by atoms with Crippen molar-refractivity contribution in [2.75, 3.05) is 7.11 Å². The van der Waals surface area contributed by atoms with Crippen LogP contribution < -0.4 is 5.46 Å². The highest BCUT2D eigenvalue weighted by atomic mass is 16.5. The molecule has 1 rings (SSSR count). The molecular weight excluding hydrogens is 163 g/mol. The fraction of sp³-hybridized carbons (Fsp3) is 0.300. The van der Waals surface area contributed by atoms with Gasteiger partial charge in [0, 0.05) is 0 Å². The van der Waals surface area contributed by atoms with E-state index < -0.39 is 0 Å².